The molecule has 0 bridgehead atoms. The third-order valence-corrected chi connectivity index (χ3v) is 5.15. The highest BCUT2D eigenvalue weighted by molar-refractivity contribution is 7.14. The van der Waals surface area contributed by atoms with Crippen molar-refractivity contribution in [2.45, 2.75) is 32.4 Å². The smallest absolute Gasteiger partial charge is 0.191 e. The van der Waals surface area contributed by atoms with E-state index in [1.54, 1.807) is 23.6 Å². The molecule has 7 heteroatoms. The van der Waals surface area contributed by atoms with Crippen molar-refractivity contribution >= 4 is 22.3 Å². The molecular weight excluding hydrogens is 337 g/mol. The normalized spacial score (nSPS) is 16.1. The van der Waals surface area contributed by atoms with Gasteiger partial charge in [0.2, 0.25) is 0 Å². The van der Waals surface area contributed by atoms with Gasteiger partial charge in [-0.2, -0.15) is 0 Å². The zero-order valence-corrected chi connectivity index (χ0v) is 15.2. The maximum Gasteiger partial charge on any atom is 0.191 e. The van der Waals surface area contributed by atoms with Crippen molar-refractivity contribution in [2.75, 3.05) is 24.5 Å². The van der Waals surface area contributed by atoms with Crippen LogP contribution in [0.3, 0.4) is 0 Å². The van der Waals surface area contributed by atoms with Gasteiger partial charge in [-0.25, -0.2) is 9.38 Å². The predicted molar refractivity (Wildman–Crippen MR) is 102 cm³/mol. The van der Waals surface area contributed by atoms with Crippen LogP contribution in [0.4, 0.5) is 9.39 Å². The molecule has 1 saturated heterocycles. The minimum atomic E-state index is -0.314. The number of piperidine rings is 1. The molecule has 134 valence electrons. The summed E-state index contributed by atoms with van der Waals surface area (Å²) in [6.07, 6.45) is 3.70. The van der Waals surface area contributed by atoms with Crippen LogP contribution in [-0.2, 0) is 6.54 Å². The van der Waals surface area contributed by atoms with Gasteiger partial charge >= 0.3 is 0 Å². The number of pyridine rings is 1. The SMILES string of the molecule is CCNC(=NCc1ncccc1F)NC1CCN(c2cccs2)CC1. The Balaban J connectivity index is 1.55. The molecule has 0 aliphatic carbocycles. The molecule has 0 aromatic carbocycles. The van der Waals surface area contributed by atoms with E-state index in [1.165, 1.54) is 11.1 Å². The summed E-state index contributed by atoms with van der Waals surface area (Å²) in [5.41, 5.74) is 0.368. The van der Waals surface area contributed by atoms with E-state index in [0.717, 1.165) is 38.4 Å². The third kappa shape index (κ3) is 4.92. The summed E-state index contributed by atoms with van der Waals surface area (Å²) >= 11 is 1.79. The lowest BCUT2D eigenvalue weighted by atomic mass is 10.1. The van der Waals surface area contributed by atoms with Gasteiger partial charge in [0.05, 0.1) is 17.2 Å². The summed E-state index contributed by atoms with van der Waals surface area (Å²) < 4.78 is 13.7. The topological polar surface area (TPSA) is 52.6 Å². The summed E-state index contributed by atoms with van der Waals surface area (Å²) in [7, 11) is 0. The second kappa shape index (κ2) is 8.80. The van der Waals surface area contributed by atoms with Crippen LogP contribution in [0.5, 0.6) is 0 Å². The molecule has 3 heterocycles. The number of hydrogen-bond donors (Lipinski definition) is 2. The van der Waals surface area contributed by atoms with E-state index in [-0.39, 0.29) is 12.4 Å². The highest BCUT2D eigenvalue weighted by Crippen LogP contribution is 2.24. The molecule has 2 aromatic heterocycles. The van der Waals surface area contributed by atoms with Gasteiger partial charge in [-0.05, 0) is 49.4 Å². The first-order valence-electron chi connectivity index (χ1n) is 8.69. The molecule has 1 aliphatic heterocycles. The Kier molecular flexibility index (Phi) is 6.22. The Labute approximate surface area is 152 Å². The number of halogens is 1. The fourth-order valence-electron chi connectivity index (χ4n) is 2.90. The van der Waals surface area contributed by atoms with Crippen LogP contribution in [0.2, 0.25) is 0 Å². The van der Waals surface area contributed by atoms with Crippen molar-refractivity contribution in [1.82, 2.24) is 15.6 Å². The van der Waals surface area contributed by atoms with Crippen molar-refractivity contribution in [1.29, 1.82) is 0 Å². The largest absolute Gasteiger partial charge is 0.363 e. The van der Waals surface area contributed by atoms with Crippen LogP contribution in [0.15, 0.2) is 40.8 Å². The summed E-state index contributed by atoms with van der Waals surface area (Å²) in [4.78, 5) is 11.0. The van der Waals surface area contributed by atoms with Gasteiger partial charge in [0.1, 0.15) is 5.82 Å². The molecular formula is C18H24FN5S. The average molecular weight is 361 g/mol. The van der Waals surface area contributed by atoms with E-state index >= 15 is 0 Å². The maximum absolute atomic E-state index is 13.7. The maximum atomic E-state index is 13.7. The van der Waals surface area contributed by atoms with Crippen molar-refractivity contribution in [3.8, 4) is 0 Å². The van der Waals surface area contributed by atoms with E-state index < -0.39 is 0 Å². The van der Waals surface area contributed by atoms with Crippen LogP contribution in [0.1, 0.15) is 25.5 Å². The standard InChI is InChI=1S/C18H24FN5S/c1-2-20-18(22-13-16-15(19)5-3-9-21-16)23-14-7-10-24(11-8-14)17-6-4-12-25-17/h3-6,9,12,14H,2,7-8,10-11,13H2,1H3,(H2,20,22,23). The fraction of sp³-hybridized carbons (Fsp3) is 0.444. The van der Waals surface area contributed by atoms with Gasteiger partial charge in [0, 0.05) is 31.9 Å². The molecule has 0 atom stereocenters. The lowest BCUT2D eigenvalue weighted by Gasteiger charge is -2.33. The summed E-state index contributed by atoms with van der Waals surface area (Å²) in [6, 6.07) is 7.65. The zero-order valence-electron chi connectivity index (χ0n) is 14.4. The number of aliphatic imine (C=N–C) groups is 1. The highest BCUT2D eigenvalue weighted by Gasteiger charge is 2.20. The Morgan fingerprint density at radius 2 is 2.20 bits per heavy atom. The minimum absolute atomic E-state index is 0.232. The van der Waals surface area contributed by atoms with Crippen LogP contribution in [-0.4, -0.2) is 36.6 Å². The molecule has 0 spiro atoms. The molecule has 0 amide bonds. The first-order valence-corrected chi connectivity index (χ1v) is 9.57. The Bertz CT molecular complexity index is 681. The van der Waals surface area contributed by atoms with Crippen molar-refractivity contribution in [3.63, 3.8) is 0 Å². The van der Waals surface area contributed by atoms with Gasteiger partial charge < -0.3 is 15.5 Å². The lowest BCUT2D eigenvalue weighted by molar-refractivity contribution is 0.462. The summed E-state index contributed by atoms with van der Waals surface area (Å²) in [5, 5.41) is 10.2. The van der Waals surface area contributed by atoms with E-state index in [1.807, 2.05) is 6.92 Å². The number of aromatic nitrogens is 1. The van der Waals surface area contributed by atoms with E-state index in [9.17, 15) is 4.39 Å². The number of anilines is 1. The number of nitrogens with zero attached hydrogens (tertiary/aromatic N) is 3. The van der Waals surface area contributed by atoms with Crippen LogP contribution < -0.4 is 15.5 Å². The molecule has 0 saturated carbocycles. The number of hydrogen-bond acceptors (Lipinski definition) is 4. The first kappa shape index (κ1) is 17.7. The lowest BCUT2D eigenvalue weighted by Crippen LogP contribution is -2.48. The third-order valence-electron chi connectivity index (χ3n) is 4.22. The van der Waals surface area contributed by atoms with Crippen LogP contribution in [0.25, 0.3) is 0 Å². The first-order chi connectivity index (χ1) is 12.3. The highest BCUT2D eigenvalue weighted by atomic mass is 32.1. The molecule has 2 N–H and O–H groups in total. The van der Waals surface area contributed by atoms with Crippen molar-refractivity contribution in [2.24, 2.45) is 4.99 Å². The van der Waals surface area contributed by atoms with E-state index in [0.29, 0.717) is 11.7 Å². The quantitative estimate of drug-likeness (QED) is 0.635. The molecule has 1 fully saturated rings. The number of guanidine groups is 1. The Hall–Kier alpha value is -2.15. The van der Waals surface area contributed by atoms with Gasteiger partial charge in [-0.15, -0.1) is 11.3 Å². The zero-order chi connectivity index (χ0) is 17.5. The van der Waals surface area contributed by atoms with Crippen molar-refractivity contribution < 1.29 is 4.39 Å². The van der Waals surface area contributed by atoms with Gasteiger partial charge in [0.15, 0.2) is 5.96 Å². The van der Waals surface area contributed by atoms with E-state index in [2.05, 4.69) is 43.0 Å². The van der Waals surface area contributed by atoms with Gasteiger partial charge in [-0.3, -0.25) is 4.98 Å². The molecule has 0 radical (unpaired) electrons. The minimum Gasteiger partial charge on any atom is -0.363 e. The van der Waals surface area contributed by atoms with E-state index in [4.69, 9.17) is 0 Å². The Morgan fingerprint density at radius 1 is 1.36 bits per heavy atom. The second-order valence-corrected chi connectivity index (χ2v) is 6.91. The van der Waals surface area contributed by atoms with Gasteiger partial charge in [-0.1, -0.05) is 0 Å². The van der Waals surface area contributed by atoms with Crippen LogP contribution in [0, 0.1) is 5.82 Å². The molecule has 25 heavy (non-hydrogen) atoms. The molecule has 5 nitrogen and oxygen atoms in total. The summed E-state index contributed by atoms with van der Waals surface area (Å²) in [6.45, 7) is 5.09. The Morgan fingerprint density at radius 3 is 2.88 bits per heavy atom. The predicted octanol–water partition coefficient (Wildman–Crippen LogP) is 3.01. The summed E-state index contributed by atoms with van der Waals surface area (Å²) in [5.74, 6) is 0.411. The van der Waals surface area contributed by atoms with Crippen LogP contribution >= 0.6 is 11.3 Å². The second-order valence-electron chi connectivity index (χ2n) is 5.98. The van der Waals surface area contributed by atoms with Gasteiger partial charge in [0.25, 0.3) is 0 Å². The molecule has 3 rings (SSSR count). The molecule has 2 aromatic rings. The fourth-order valence-corrected chi connectivity index (χ4v) is 3.68. The molecule has 1 aliphatic rings. The number of rotatable bonds is 5. The number of thiophene rings is 1. The number of nitrogens with one attached hydrogen (secondary N) is 2. The average Bonchev–Trinajstić information content (AvgIpc) is 3.16. The van der Waals surface area contributed by atoms with Crippen molar-refractivity contribution in [3.05, 3.63) is 47.4 Å². The monoisotopic (exact) mass is 361 g/mol. The molecule has 0 unspecified atom stereocenters.